The van der Waals surface area contributed by atoms with Crippen LogP contribution in [0.5, 0.6) is 0 Å². The number of rotatable bonds is 6. The van der Waals surface area contributed by atoms with Crippen molar-refractivity contribution in [2.75, 3.05) is 24.2 Å². The van der Waals surface area contributed by atoms with Gasteiger partial charge in [-0.2, -0.15) is 0 Å². The highest BCUT2D eigenvalue weighted by Crippen LogP contribution is 2.25. The van der Waals surface area contributed by atoms with Gasteiger partial charge in [0.25, 0.3) is 0 Å². The van der Waals surface area contributed by atoms with E-state index in [9.17, 15) is 0 Å². The summed E-state index contributed by atoms with van der Waals surface area (Å²) in [6.07, 6.45) is 0.938. The van der Waals surface area contributed by atoms with E-state index in [1.807, 2.05) is 37.4 Å². The van der Waals surface area contributed by atoms with Gasteiger partial charge < -0.3 is 10.6 Å². The van der Waals surface area contributed by atoms with Crippen LogP contribution in [0, 0.1) is 0 Å². The zero-order valence-corrected chi connectivity index (χ0v) is 15.3. The Morgan fingerprint density at radius 2 is 2.12 bits per heavy atom. The van der Waals surface area contributed by atoms with E-state index < -0.39 is 0 Å². The lowest BCUT2D eigenvalue weighted by Gasteiger charge is -2.20. The molecule has 26 heavy (non-hydrogen) atoms. The predicted octanol–water partition coefficient (Wildman–Crippen LogP) is 1.52. The van der Waals surface area contributed by atoms with Gasteiger partial charge in [0.2, 0.25) is 5.16 Å². The average molecular weight is 368 g/mol. The lowest BCUT2D eigenvalue weighted by atomic mass is 10.1. The Balaban J connectivity index is 1.51. The van der Waals surface area contributed by atoms with E-state index in [0.717, 1.165) is 59.9 Å². The quantitative estimate of drug-likeness (QED) is 0.500. The Kier molecular flexibility index (Phi) is 5.07. The fourth-order valence-electron chi connectivity index (χ4n) is 2.88. The van der Waals surface area contributed by atoms with Crippen molar-refractivity contribution in [1.29, 1.82) is 0 Å². The lowest BCUT2D eigenvalue weighted by Crippen LogP contribution is -2.27. The van der Waals surface area contributed by atoms with Crippen LogP contribution in [0.25, 0.3) is 11.4 Å². The van der Waals surface area contributed by atoms with Crippen molar-refractivity contribution in [3.8, 4) is 11.4 Å². The van der Waals surface area contributed by atoms with E-state index >= 15 is 0 Å². The molecule has 134 valence electrons. The number of nitrogens with one attached hydrogen (secondary N) is 2. The number of benzene rings is 1. The van der Waals surface area contributed by atoms with Crippen molar-refractivity contribution < 1.29 is 0 Å². The van der Waals surface area contributed by atoms with Crippen LogP contribution in [0.2, 0.25) is 0 Å². The van der Waals surface area contributed by atoms with Crippen molar-refractivity contribution >= 4 is 17.6 Å². The summed E-state index contributed by atoms with van der Waals surface area (Å²) in [4.78, 5) is 9.58. The minimum atomic E-state index is 0.765. The number of hydrogen-bond donors (Lipinski definition) is 2. The number of tetrazole rings is 1. The largest absolute Gasteiger partial charge is 0.369 e. The summed E-state index contributed by atoms with van der Waals surface area (Å²) in [5.74, 6) is 2.55. The Hall–Kier alpha value is -2.52. The summed E-state index contributed by atoms with van der Waals surface area (Å²) in [5.41, 5.74) is 3.33. The van der Waals surface area contributed by atoms with Crippen molar-refractivity contribution in [2.45, 2.75) is 18.1 Å². The van der Waals surface area contributed by atoms with E-state index in [1.54, 1.807) is 16.4 Å². The minimum absolute atomic E-state index is 0.765. The molecule has 1 aliphatic rings. The Bertz CT molecular complexity index is 880. The van der Waals surface area contributed by atoms with E-state index in [0.29, 0.717) is 0 Å². The Morgan fingerprint density at radius 1 is 1.23 bits per heavy atom. The maximum absolute atomic E-state index is 4.80. The van der Waals surface area contributed by atoms with Gasteiger partial charge in [-0.1, -0.05) is 42.1 Å². The third kappa shape index (κ3) is 3.68. The summed E-state index contributed by atoms with van der Waals surface area (Å²) in [6.45, 7) is 2.52. The minimum Gasteiger partial charge on any atom is -0.369 e. The second-order valence-corrected chi connectivity index (χ2v) is 7.04. The first-order valence-corrected chi connectivity index (χ1v) is 9.55. The summed E-state index contributed by atoms with van der Waals surface area (Å²) in [6, 6.07) is 10.1. The monoisotopic (exact) mass is 368 g/mol. The molecule has 3 aromatic rings. The van der Waals surface area contributed by atoms with Gasteiger partial charge in [0.15, 0.2) is 5.82 Å². The number of aryl methyl sites for hydroxylation is 1. The van der Waals surface area contributed by atoms with Crippen LogP contribution in [0.3, 0.4) is 0 Å². The van der Waals surface area contributed by atoms with Gasteiger partial charge in [-0.3, -0.25) is 0 Å². The first-order chi connectivity index (χ1) is 12.8. The highest BCUT2D eigenvalue weighted by molar-refractivity contribution is 7.99. The number of aromatic nitrogens is 6. The summed E-state index contributed by atoms with van der Waals surface area (Å²) < 4.78 is 1.68. The van der Waals surface area contributed by atoms with Gasteiger partial charge in [0, 0.05) is 37.0 Å². The molecule has 9 heteroatoms. The highest BCUT2D eigenvalue weighted by Gasteiger charge is 2.18. The lowest BCUT2D eigenvalue weighted by molar-refractivity contribution is 0.625. The first-order valence-electron chi connectivity index (χ1n) is 8.56. The van der Waals surface area contributed by atoms with E-state index in [2.05, 4.69) is 26.2 Å². The summed E-state index contributed by atoms with van der Waals surface area (Å²) >= 11 is 1.62. The van der Waals surface area contributed by atoms with Gasteiger partial charge in [0.1, 0.15) is 5.82 Å². The number of nitrogens with zero attached hydrogens (tertiary/aromatic N) is 6. The fraction of sp³-hybridized carbons (Fsp3) is 0.353. The van der Waals surface area contributed by atoms with Crippen molar-refractivity contribution in [1.82, 2.24) is 35.5 Å². The van der Waals surface area contributed by atoms with Crippen LogP contribution in [0.1, 0.15) is 11.3 Å². The highest BCUT2D eigenvalue weighted by atomic mass is 32.2. The molecule has 0 atom stereocenters. The molecular weight excluding hydrogens is 348 g/mol. The SMILES string of the molecule is Cn1nnnc1SCCNc1nc(-c2ccccc2)nc2c1CCNC2. The van der Waals surface area contributed by atoms with Crippen LogP contribution >= 0.6 is 11.8 Å². The Labute approximate surface area is 155 Å². The first kappa shape index (κ1) is 16.9. The number of hydrogen-bond acceptors (Lipinski definition) is 8. The van der Waals surface area contributed by atoms with Gasteiger partial charge in [-0.25, -0.2) is 14.6 Å². The second-order valence-electron chi connectivity index (χ2n) is 5.97. The molecule has 0 fully saturated rings. The van der Waals surface area contributed by atoms with Crippen LogP contribution < -0.4 is 10.6 Å². The summed E-state index contributed by atoms with van der Waals surface area (Å²) in [5, 5.41) is 19.2. The molecule has 0 aliphatic carbocycles. The van der Waals surface area contributed by atoms with E-state index in [-0.39, 0.29) is 0 Å². The van der Waals surface area contributed by atoms with E-state index in [1.165, 1.54) is 5.56 Å². The van der Waals surface area contributed by atoms with E-state index in [4.69, 9.17) is 9.97 Å². The molecule has 0 bridgehead atoms. The normalized spacial score (nSPS) is 13.4. The predicted molar refractivity (Wildman–Crippen MR) is 101 cm³/mol. The Morgan fingerprint density at radius 3 is 2.92 bits per heavy atom. The molecule has 1 aliphatic heterocycles. The zero-order valence-electron chi connectivity index (χ0n) is 14.5. The molecule has 0 amide bonds. The molecule has 0 unspecified atom stereocenters. The van der Waals surface area contributed by atoms with Crippen LogP contribution in [0.15, 0.2) is 35.5 Å². The molecule has 0 saturated carbocycles. The molecule has 8 nitrogen and oxygen atoms in total. The second kappa shape index (κ2) is 7.79. The van der Waals surface area contributed by atoms with Crippen molar-refractivity contribution in [3.05, 3.63) is 41.6 Å². The van der Waals surface area contributed by atoms with Gasteiger partial charge in [0.05, 0.1) is 5.69 Å². The molecule has 2 N–H and O–H groups in total. The number of anilines is 1. The molecule has 2 aromatic heterocycles. The average Bonchev–Trinajstić information content (AvgIpc) is 3.10. The molecule has 0 saturated heterocycles. The molecule has 4 rings (SSSR count). The summed E-state index contributed by atoms with van der Waals surface area (Å²) in [7, 11) is 1.84. The van der Waals surface area contributed by atoms with Gasteiger partial charge >= 0.3 is 0 Å². The van der Waals surface area contributed by atoms with Crippen molar-refractivity contribution in [3.63, 3.8) is 0 Å². The van der Waals surface area contributed by atoms with Crippen LogP contribution in [0.4, 0.5) is 5.82 Å². The molecule has 1 aromatic carbocycles. The third-order valence-corrected chi connectivity index (χ3v) is 5.19. The van der Waals surface area contributed by atoms with Crippen LogP contribution in [-0.4, -0.2) is 49.0 Å². The number of fused-ring (bicyclic) bond motifs is 1. The topological polar surface area (TPSA) is 93.4 Å². The standard InChI is InChI=1S/C17H20N8S/c1-25-17(22-23-24-25)26-10-9-19-16-13-7-8-18-11-14(13)20-15(21-16)12-5-3-2-4-6-12/h2-6,18H,7-11H2,1H3,(H,19,20,21). The molecule has 0 radical (unpaired) electrons. The van der Waals surface area contributed by atoms with Gasteiger partial charge in [-0.05, 0) is 23.4 Å². The third-order valence-electron chi connectivity index (χ3n) is 4.18. The molecule has 0 spiro atoms. The van der Waals surface area contributed by atoms with Crippen LogP contribution in [-0.2, 0) is 20.0 Å². The maximum atomic E-state index is 4.80. The number of thioether (sulfide) groups is 1. The molecular formula is C17H20N8S. The molecule has 3 heterocycles. The maximum Gasteiger partial charge on any atom is 0.209 e. The van der Waals surface area contributed by atoms with Crippen molar-refractivity contribution in [2.24, 2.45) is 7.05 Å². The van der Waals surface area contributed by atoms with Gasteiger partial charge in [-0.15, -0.1) is 5.10 Å². The fourth-order valence-corrected chi connectivity index (χ4v) is 3.58. The zero-order chi connectivity index (χ0) is 17.8. The smallest absolute Gasteiger partial charge is 0.209 e.